The Bertz CT molecular complexity index is 1030. The van der Waals surface area contributed by atoms with Crippen LogP contribution in [0.1, 0.15) is 12.0 Å². The van der Waals surface area contributed by atoms with E-state index < -0.39 is 16.1 Å². The molecule has 1 heterocycles. The van der Waals surface area contributed by atoms with Crippen molar-refractivity contribution in [1.29, 1.82) is 0 Å². The number of nitrogens with zero attached hydrogens (tertiary/aromatic N) is 2. The molecule has 2 N–H and O–H groups in total. The average Bonchev–Trinajstić information content (AvgIpc) is 2.90. The summed E-state index contributed by atoms with van der Waals surface area (Å²) in [5, 5.41) is 15.6. The lowest BCUT2D eigenvalue weighted by atomic mass is 10.1. The molecule has 0 aromatic heterocycles. The number of hydrogen-bond donors (Lipinski definition) is 2. The number of anilines is 1. The van der Waals surface area contributed by atoms with Crippen LogP contribution in [0, 0.1) is 0 Å². The normalized spacial score (nSPS) is 17.6. The van der Waals surface area contributed by atoms with Crippen LogP contribution in [0.15, 0.2) is 65.6 Å². The van der Waals surface area contributed by atoms with Gasteiger partial charge in [-0.05, 0) is 43.9 Å². The van der Waals surface area contributed by atoms with Crippen LogP contribution in [0.5, 0.6) is 5.75 Å². The van der Waals surface area contributed by atoms with Crippen LogP contribution < -0.4 is 9.64 Å². The standard InChI is InChI=1S/C20H23ClN2O2S.C4H4O4/c1-22(2)12-13-23-17-6-4-5-7-18(17)26-20(21,14-19(23)24)15-8-10-16(25-3)11-9-15;5-3(6)1-2-4(7)8/h4-11H,12-14H2,1-3H3;1-2H,(H,5,6)(H,7,8)/b;2-1-. The smallest absolute Gasteiger partial charge is 0.328 e. The number of likely N-dealkylation sites (N-methyl/N-ethyl adjacent to an activating group) is 1. The number of para-hydroxylation sites is 1. The Morgan fingerprint density at radius 1 is 1.12 bits per heavy atom. The third-order valence-electron chi connectivity index (χ3n) is 4.77. The van der Waals surface area contributed by atoms with Gasteiger partial charge in [0, 0.05) is 30.1 Å². The zero-order valence-electron chi connectivity index (χ0n) is 19.1. The third kappa shape index (κ3) is 7.79. The number of benzene rings is 2. The number of aliphatic carboxylic acids is 2. The van der Waals surface area contributed by atoms with Gasteiger partial charge in [-0.3, -0.25) is 4.79 Å². The van der Waals surface area contributed by atoms with E-state index in [9.17, 15) is 14.4 Å². The Hall–Kier alpha value is -3.01. The molecule has 1 atom stereocenters. The summed E-state index contributed by atoms with van der Waals surface area (Å²) in [6, 6.07) is 15.6. The fourth-order valence-electron chi connectivity index (χ4n) is 3.09. The molecule has 182 valence electrons. The molecule has 0 fully saturated rings. The molecule has 0 aliphatic carbocycles. The van der Waals surface area contributed by atoms with Gasteiger partial charge < -0.3 is 24.7 Å². The van der Waals surface area contributed by atoms with Gasteiger partial charge in [0.15, 0.2) is 0 Å². The minimum atomic E-state index is -1.26. The van der Waals surface area contributed by atoms with Crippen LogP contribution in [0.4, 0.5) is 5.69 Å². The minimum Gasteiger partial charge on any atom is -0.497 e. The number of amides is 1. The largest absolute Gasteiger partial charge is 0.497 e. The molecule has 2 aromatic rings. The van der Waals surface area contributed by atoms with Gasteiger partial charge in [-0.25, -0.2) is 9.59 Å². The van der Waals surface area contributed by atoms with Crippen LogP contribution in [-0.2, 0) is 18.6 Å². The number of carbonyl (C=O) groups is 3. The molecule has 3 rings (SSSR count). The monoisotopic (exact) mass is 506 g/mol. The van der Waals surface area contributed by atoms with Gasteiger partial charge in [0.25, 0.3) is 0 Å². The lowest BCUT2D eigenvalue weighted by Crippen LogP contribution is -2.37. The summed E-state index contributed by atoms with van der Waals surface area (Å²) in [6.07, 6.45) is 1.35. The molecule has 8 nitrogen and oxygen atoms in total. The third-order valence-corrected chi connectivity index (χ3v) is 6.62. The van der Waals surface area contributed by atoms with Gasteiger partial charge in [-0.1, -0.05) is 36.0 Å². The molecule has 1 amide bonds. The molecule has 1 aliphatic heterocycles. The van der Waals surface area contributed by atoms with Crippen molar-refractivity contribution in [3.63, 3.8) is 0 Å². The topological polar surface area (TPSA) is 107 Å². The average molecular weight is 507 g/mol. The van der Waals surface area contributed by atoms with Crippen molar-refractivity contribution >= 4 is 46.9 Å². The summed E-state index contributed by atoms with van der Waals surface area (Å²) in [5.74, 6) is -1.71. The highest BCUT2D eigenvalue weighted by atomic mass is 35.5. The summed E-state index contributed by atoms with van der Waals surface area (Å²) in [6.45, 7) is 1.43. The van der Waals surface area contributed by atoms with Crippen molar-refractivity contribution < 1.29 is 29.3 Å². The number of halogens is 1. The zero-order chi connectivity index (χ0) is 25.3. The molecule has 0 bridgehead atoms. The summed E-state index contributed by atoms with van der Waals surface area (Å²) >= 11 is 8.55. The Morgan fingerprint density at radius 3 is 2.24 bits per heavy atom. The maximum absolute atomic E-state index is 13.1. The van der Waals surface area contributed by atoms with Gasteiger partial charge in [0.05, 0.1) is 19.2 Å². The van der Waals surface area contributed by atoms with Gasteiger partial charge >= 0.3 is 11.9 Å². The maximum Gasteiger partial charge on any atom is 0.328 e. The van der Waals surface area contributed by atoms with Gasteiger partial charge in [0.2, 0.25) is 5.91 Å². The van der Waals surface area contributed by atoms with E-state index in [4.69, 9.17) is 26.6 Å². The van der Waals surface area contributed by atoms with Gasteiger partial charge in [0.1, 0.15) is 9.96 Å². The van der Waals surface area contributed by atoms with Crippen molar-refractivity contribution in [2.75, 3.05) is 39.2 Å². The van der Waals surface area contributed by atoms with E-state index in [0.717, 1.165) is 28.4 Å². The molecule has 0 radical (unpaired) electrons. The van der Waals surface area contributed by atoms with Gasteiger partial charge in [-0.2, -0.15) is 0 Å². The molecule has 10 heteroatoms. The van der Waals surface area contributed by atoms with Crippen LogP contribution >= 0.6 is 23.4 Å². The predicted octanol–water partition coefficient (Wildman–Crippen LogP) is 3.89. The lowest BCUT2D eigenvalue weighted by molar-refractivity contribution is -0.134. The van der Waals surface area contributed by atoms with Gasteiger partial charge in [-0.15, -0.1) is 11.6 Å². The number of fused-ring (bicyclic) bond motifs is 1. The second kappa shape index (κ2) is 12.5. The van der Waals surface area contributed by atoms with Crippen molar-refractivity contribution in [3.05, 3.63) is 66.2 Å². The molecule has 34 heavy (non-hydrogen) atoms. The van der Waals surface area contributed by atoms with Crippen LogP contribution in [0.25, 0.3) is 0 Å². The summed E-state index contributed by atoms with van der Waals surface area (Å²) < 4.78 is 4.39. The number of rotatable bonds is 7. The Morgan fingerprint density at radius 2 is 1.71 bits per heavy atom. The van der Waals surface area contributed by atoms with E-state index in [1.54, 1.807) is 7.11 Å². The maximum atomic E-state index is 13.1. The molecule has 0 spiro atoms. The minimum absolute atomic E-state index is 0.0371. The second-order valence-electron chi connectivity index (χ2n) is 7.56. The lowest BCUT2D eigenvalue weighted by Gasteiger charge is -2.26. The first-order chi connectivity index (χ1) is 16.1. The molecule has 0 saturated carbocycles. The summed E-state index contributed by atoms with van der Waals surface area (Å²) in [5.41, 5.74) is 1.84. The molecule has 1 aliphatic rings. The Balaban J connectivity index is 0.000000440. The van der Waals surface area contributed by atoms with Crippen LogP contribution in [-0.4, -0.2) is 67.3 Å². The number of thioether (sulfide) groups is 1. The second-order valence-corrected chi connectivity index (χ2v) is 9.77. The first-order valence-corrected chi connectivity index (χ1v) is 11.5. The number of carbonyl (C=O) groups excluding carboxylic acids is 1. The van der Waals surface area contributed by atoms with E-state index in [-0.39, 0.29) is 12.3 Å². The Labute approximate surface area is 207 Å². The molecule has 0 saturated heterocycles. The number of methoxy groups -OCH3 is 1. The van der Waals surface area contributed by atoms with E-state index in [2.05, 4.69) is 4.90 Å². The number of alkyl halides is 1. The van der Waals surface area contributed by atoms with E-state index in [1.165, 1.54) is 11.8 Å². The fraction of sp³-hybridized carbons (Fsp3) is 0.292. The number of hydrogen-bond acceptors (Lipinski definition) is 6. The molecular weight excluding hydrogens is 480 g/mol. The highest BCUT2D eigenvalue weighted by molar-refractivity contribution is 8.01. The van der Waals surface area contributed by atoms with E-state index in [1.807, 2.05) is 67.5 Å². The van der Waals surface area contributed by atoms with E-state index in [0.29, 0.717) is 18.7 Å². The van der Waals surface area contributed by atoms with Crippen molar-refractivity contribution in [3.8, 4) is 5.75 Å². The van der Waals surface area contributed by atoms with Crippen LogP contribution in [0.2, 0.25) is 0 Å². The highest BCUT2D eigenvalue weighted by Crippen LogP contribution is 2.52. The fourth-order valence-corrected chi connectivity index (χ4v) is 4.81. The molecule has 2 aromatic carbocycles. The Kier molecular flexibility index (Phi) is 9.97. The first-order valence-electron chi connectivity index (χ1n) is 10.3. The number of ether oxygens (including phenoxy) is 1. The number of carboxylic acids is 2. The SMILES string of the molecule is COc1ccc(C2(Cl)CC(=O)N(CCN(C)C)c3ccccc3S2)cc1.O=C(O)/C=C\C(=O)O. The predicted molar refractivity (Wildman–Crippen MR) is 133 cm³/mol. The molecular formula is C24H27ClN2O6S. The molecule has 1 unspecified atom stereocenters. The summed E-state index contributed by atoms with van der Waals surface area (Å²) in [7, 11) is 5.65. The summed E-state index contributed by atoms with van der Waals surface area (Å²) in [4.78, 5) is 37.1. The van der Waals surface area contributed by atoms with Crippen LogP contribution in [0.3, 0.4) is 0 Å². The quantitative estimate of drug-likeness (QED) is 0.430. The van der Waals surface area contributed by atoms with E-state index >= 15 is 0 Å². The number of carboxylic acid groups (broad SMARTS) is 2. The van der Waals surface area contributed by atoms with Crippen molar-refractivity contribution in [2.45, 2.75) is 15.5 Å². The van der Waals surface area contributed by atoms with Crippen molar-refractivity contribution in [2.24, 2.45) is 0 Å². The zero-order valence-corrected chi connectivity index (χ0v) is 20.7. The first kappa shape index (κ1) is 27.2. The highest BCUT2D eigenvalue weighted by Gasteiger charge is 2.39. The van der Waals surface area contributed by atoms with Crippen molar-refractivity contribution in [1.82, 2.24) is 4.90 Å².